The number of piperidine rings is 1. The second kappa shape index (κ2) is 30.3. The summed E-state index contributed by atoms with van der Waals surface area (Å²) in [7, 11) is 3.51. The lowest BCUT2D eigenvalue weighted by Crippen LogP contribution is -2.50. The molecule has 2 heterocycles. The fourth-order valence-electron chi connectivity index (χ4n) is 10.5. The van der Waals surface area contributed by atoms with Crippen LogP contribution in [0.1, 0.15) is 108 Å². The van der Waals surface area contributed by atoms with Crippen molar-refractivity contribution >= 4 is 58.3 Å². The van der Waals surface area contributed by atoms with Crippen molar-refractivity contribution < 1.29 is 57.7 Å². The number of aryl methyl sites for hydroxylation is 1. The monoisotopic (exact) mass is 1090 g/mol. The number of urea groups is 1. The molecule has 1 aliphatic heterocycles. The fraction of sp³-hybridized carbons (Fsp3) is 0.525. The summed E-state index contributed by atoms with van der Waals surface area (Å²) in [5, 5.41) is 18.5. The van der Waals surface area contributed by atoms with Crippen LogP contribution in [0.15, 0.2) is 78.9 Å². The number of carbonyl (C=O) groups is 8. The minimum atomic E-state index is -0.966. The zero-order valence-corrected chi connectivity index (χ0v) is 46.5. The van der Waals surface area contributed by atoms with E-state index in [-0.39, 0.29) is 132 Å². The van der Waals surface area contributed by atoms with E-state index in [9.17, 15) is 38.4 Å². The second-order valence-corrected chi connectivity index (χ2v) is 20.7. The molecule has 0 radical (unpaired) electrons. The summed E-state index contributed by atoms with van der Waals surface area (Å²) in [5.74, 6) is -3.18. The van der Waals surface area contributed by atoms with Gasteiger partial charge in [0.2, 0.25) is 17.7 Å². The number of likely N-dealkylation sites (tertiary alicyclic amines) is 1. The minimum Gasteiger partial charge on any atom is -0.481 e. The maximum atomic E-state index is 14.1. The Labute approximate surface area is 463 Å². The van der Waals surface area contributed by atoms with Crippen molar-refractivity contribution in [3.8, 4) is 11.1 Å². The number of amides is 6. The van der Waals surface area contributed by atoms with Gasteiger partial charge in [0.15, 0.2) is 5.78 Å². The molecule has 0 spiro atoms. The number of aliphatic carboxylic acids is 1. The van der Waals surface area contributed by atoms with E-state index in [0.29, 0.717) is 45.4 Å². The molecule has 5 N–H and O–H groups in total. The number of nitrogens with two attached hydrogens (primary N) is 1. The highest BCUT2D eigenvalue weighted by molar-refractivity contribution is 5.93. The van der Waals surface area contributed by atoms with Crippen molar-refractivity contribution in [3.63, 3.8) is 0 Å². The van der Waals surface area contributed by atoms with Crippen molar-refractivity contribution in [1.29, 1.82) is 0 Å². The Balaban J connectivity index is 1.03. The highest BCUT2D eigenvalue weighted by Gasteiger charge is 2.33. The number of ether oxygens (including phenoxy) is 3. The van der Waals surface area contributed by atoms with Crippen LogP contribution >= 0.6 is 0 Å². The molecule has 428 valence electrons. The number of hydrogen-bond acceptors (Lipinski definition) is 12. The van der Waals surface area contributed by atoms with Crippen molar-refractivity contribution in [2.45, 2.75) is 116 Å². The van der Waals surface area contributed by atoms with E-state index in [0.717, 1.165) is 38.9 Å². The van der Waals surface area contributed by atoms with Gasteiger partial charge >= 0.3 is 18.1 Å². The molecule has 0 unspecified atom stereocenters. The first kappa shape index (κ1) is 61.1. The van der Waals surface area contributed by atoms with Gasteiger partial charge in [-0.05, 0) is 71.4 Å². The zero-order chi connectivity index (χ0) is 57.0. The Kier molecular flexibility index (Phi) is 23.4. The number of fused-ring (bicyclic) bond motifs is 4. The summed E-state index contributed by atoms with van der Waals surface area (Å²) in [6, 6.07) is 24.7. The topological polar surface area (TPSA) is 252 Å². The molecule has 1 aliphatic carbocycles. The number of para-hydroxylation sites is 1. The summed E-state index contributed by atoms with van der Waals surface area (Å²) >= 11 is 0. The van der Waals surface area contributed by atoms with E-state index in [4.69, 9.17) is 25.1 Å². The molecular formula is C59H80N8O12. The minimum absolute atomic E-state index is 0.0322. The number of Topliss-reactive ketones (excluding diaryl/α,β-unsaturated/α-hetero) is 2. The molecule has 1 fully saturated rings. The van der Waals surface area contributed by atoms with Gasteiger partial charge in [0, 0.05) is 108 Å². The molecule has 20 nitrogen and oxygen atoms in total. The highest BCUT2D eigenvalue weighted by atomic mass is 16.6. The first-order valence-electron chi connectivity index (χ1n) is 27.7. The van der Waals surface area contributed by atoms with E-state index < -0.39 is 36.0 Å². The van der Waals surface area contributed by atoms with Gasteiger partial charge in [-0.2, -0.15) is 0 Å². The number of nitrogens with one attached hydrogen (secondary N) is 2. The predicted octanol–water partition coefficient (Wildman–Crippen LogP) is 6.51. The zero-order valence-electron chi connectivity index (χ0n) is 46.5. The molecule has 1 aromatic heterocycles. The molecule has 4 aromatic rings. The van der Waals surface area contributed by atoms with Gasteiger partial charge in [0.25, 0.3) is 0 Å². The summed E-state index contributed by atoms with van der Waals surface area (Å²) in [5.41, 5.74) is 11.6. The van der Waals surface area contributed by atoms with Crippen LogP contribution in [0.5, 0.6) is 0 Å². The lowest BCUT2D eigenvalue weighted by molar-refractivity contribution is -0.139. The molecule has 79 heavy (non-hydrogen) atoms. The predicted molar refractivity (Wildman–Crippen MR) is 297 cm³/mol. The van der Waals surface area contributed by atoms with Crippen molar-refractivity contribution in [3.05, 3.63) is 95.7 Å². The number of ketones is 2. The molecule has 1 saturated heterocycles. The van der Waals surface area contributed by atoms with Crippen molar-refractivity contribution in [2.24, 2.45) is 17.6 Å². The number of hydrazine groups is 1. The third-order valence-electron chi connectivity index (χ3n) is 15.1. The number of carboxylic acid groups (broad SMARTS) is 1. The van der Waals surface area contributed by atoms with Crippen LogP contribution < -0.4 is 16.4 Å². The van der Waals surface area contributed by atoms with Crippen LogP contribution in [0.3, 0.4) is 0 Å². The Morgan fingerprint density at radius 3 is 2.10 bits per heavy atom. The smallest absolute Gasteiger partial charge is 0.424 e. The van der Waals surface area contributed by atoms with Crippen molar-refractivity contribution in [1.82, 2.24) is 35.0 Å². The van der Waals surface area contributed by atoms with E-state index in [1.54, 1.807) is 23.9 Å². The lowest BCUT2D eigenvalue weighted by atomic mass is 9.88. The Hall–Kier alpha value is -7.16. The van der Waals surface area contributed by atoms with Crippen LogP contribution in [0, 0.1) is 11.8 Å². The van der Waals surface area contributed by atoms with Gasteiger partial charge in [-0.1, -0.05) is 87.5 Å². The SMILES string of the molecule is CCC(=O)[C@H](CCCNC(N)=O)NC(=O)[C@@H](CC(=O)CCC(=O)N(CCOCCOCCC(=O)O)C1CCN(C(=O)CCn2c(CN(C)N(C)C(=O)OCC3c4ccccc4-c4ccccc43)cc3ccccc32)CC1)C(C)C. The number of rotatable bonds is 32. The molecule has 3 aromatic carbocycles. The van der Waals surface area contributed by atoms with Gasteiger partial charge in [0.1, 0.15) is 12.4 Å². The van der Waals surface area contributed by atoms with Crippen LogP contribution in [0.4, 0.5) is 9.59 Å². The van der Waals surface area contributed by atoms with Gasteiger partial charge in [-0.15, -0.1) is 0 Å². The van der Waals surface area contributed by atoms with Crippen molar-refractivity contribution in [2.75, 3.05) is 73.3 Å². The van der Waals surface area contributed by atoms with Gasteiger partial charge in [-0.3, -0.25) is 28.8 Å². The third-order valence-corrected chi connectivity index (χ3v) is 15.1. The Morgan fingerprint density at radius 1 is 0.810 bits per heavy atom. The van der Waals surface area contributed by atoms with Crippen LogP contribution in [-0.4, -0.2) is 162 Å². The number of carboxylic acids is 1. The van der Waals surface area contributed by atoms with Crippen LogP contribution in [0.2, 0.25) is 0 Å². The fourth-order valence-corrected chi connectivity index (χ4v) is 10.5. The molecule has 2 atom stereocenters. The van der Waals surface area contributed by atoms with Crippen LogP contribution in [-0.2, 0) is 56.1 Å². The number of nitrogens with zero attached hydrogens (tertiary/aromatic N) is 5. The number of carbonyl (C=O) groups excluding carboxylic acids is 7. The Bertz CT molecular complexity index is 2690. The standard InChI is InChI=1S/C59H80N8O12/c1-6-53(69)51(19-13-27-61-58(60)75)62-57(74)49(40(2)3)37-44(68)21-22-55(71)67(31-33-78-35-34-77-32-26-56(72)73)42-23-28-65(29-24-42)54(70)25-30-66-43(36-41-14-7-12-20-52(41)66)38-63(4)64(5)59(76)79-39-50-47-17-10-8-15-45(47)46-16-9-11-18-48(46)50/h7-12,14-18,20,36,40,42,49-51H,6,13,19,21-35,37-39H2,1-5H3,(H,62,74)(H,72,73)(H3,60,61,75)/t49-,51-/m0/s1. The van der Waals surface area contributed by atoms with E-state index >= 15 is 0 Å². The van der Waals surface area contributed by atoms with Crippen LogP contribution in [0.25, 0.3) is 22.0 Å². The normalized spacial score (nSPS) is 14.1. The number of primary amides is 1. The largest absolute Gasteiger partial charge is 0.481 e. The summed E-state index contributed by atoms with van der Waals surface area (Å²) in [4.78, 5) is 107. The first-order valence-corrected chi connectivity index (χ1v) is 27.7. The quantitative estimate of drug-likeness (QED) is 0.0301. The summed E-state index contributed by atoms with van der Waals surface area (Å²) in [6.45, 7) is 8.14. The maximum absolute atomic E-state index is 14.1. The summed E-state index contributed by atoms with van der Waals surface area (Å²) < 4.78 is 19.2. The average molecular weight is 1090 g/mol. The maximum Gasteiger partial charge on any atom is 0.424 e. The van der Waals surface area contributed by atoms with Gasteiger partial charge in [0.05, 0.1) is 45.4 Å². The average Bonchev–Trinajstić information content (AvgIpc) is 4.00. The third kappa shape index (κ3) is 17.4. The first-order chi connectivity index (χ1) is 38.0. The number of benzene rings is 3. The van der Waals surface area contributed by atoms with E-state index in [1.165, 1.54) is 5.01 Å². The summed E-state index contributed by atoms with van der Waals surface area (Å²) in [6.07, 6.45) is 1.18. The molecule has 2 aliphatic rings. The number of hydrogen-bond donors (Lipinski definition) is 4. The second-order valence-electron chi connectivity index (χ2n) is 20.7. The molecule has 0 saturated carbocycles. The Morgan fingerprint density at radius 2 is 1.46 bits per heavy atom. The molecular weight excluding hydrogens is 1010 g/mol. The lowest BCUT2D eigenvalue weighted by Gasteiger charge is -2.39. The molecule has 20 heteroatoms. The van der Waals surface area contributed by atoms with E-state index in [2.05, 4.69) is 45.5 Å². The molecule has 0 bridgehead atoms. The molecule has 6 rings (SSSR count). The van der Waals surface area contributed by atoms with E-state index in [1.807, 2.05) is 74.3 Å². The van der Waals surface area contributed by atoms with Gasteiger partial charge in [-0.25, -0.2) is 19.6 Å². The molecule has 6 amide bonds. The highest BCUT2D eigenvalue weighted by Crippen LogP contribution is 2.44. The van der Waals surface area contributed by atoms with Gasteiger partial charge < -0.3 is 50.1 Å². The number of aromatic nitrogens is 1.